The molecule has 1 saturated heterocycles. The van der Waals surface area contributed by atoms with Gasteiger partial charge in [-0.1, -0.05) is 18.2 Å². The number of carbonyl (C=O) groups is 3. The van der Waals surface area contributed by atoms with Gasteiger partial charge in [0.05, 0.1) is 12.7 Å². The number of hydrogen-bond acceptors (Lipinski definition) is 6. The highest BCUT2D eigenvalue weighted by atomic mass is 16.5. The number of likely N-dealkylation sites (N-methyl/N-ethyl adjacent to an activating group) is 1. The zero-order valence-electron chi connectivity index (χ0n) is 19.0. The number of anilines is 1. The zero-order valence-corrected chi connectivity index (χ0v) is 19.0. The summed E-state index contributed by atoms with van der Waals surface area (Å²) in [5.74, 6) is -1.96. The van der Waals surface area contributed by atoms with Gasteiger partial charge in [-0.2, -0.15) is 0 Å². The van der Waals surface area contributed by atoms with Crippen molar-refractivity contribution in [3.8, 4) is 5.75 Å². The summed E-state index contributed by atoms with van der Waals surface area (Å²) < 4.78 is 10.4. The summed E-state index contributed by atoms with van der Waals surface area (Å²) >= 11 is 0. The topological polar surface area (TPSA) is 96.4 Å². The van der Waals surface area contributed by atoms with Crippen molar-refractivity contribution in [2.75, 3.05) is 39.3 Å². The third-order valence-corrected chi connectivity index (χ3v) is 6.34. The summed E-state index contributed by atoms with van der Waals surface area (Å²) in [4.78, 5) is 43.1. The van der Waals surface area contributed by atoms with Gasteiger partial charge in [-0.15, -0.1) is 0 Å². The number of aryl methyl sites for hydroxylation is 1. The number of benzene rings is 2. The Morgan fingerprint density at radius 3 is 2.48 bits per heavy atom. The van der Waals surface area contributed by atoms with Gasteiger partial charge in [0.15, 0.2) is 5.54 Å². The van der Waals surface area contributed by atoms with Crippen LogP contribution in [0.25, 0.3) is 5.76 Å². The van der Waals surface area contributed by atoms with Crippen molar-refractivity contribution in [1.29, 1.82) is 0 Å². The largest absolute Gasteiger partial charge is 0.507 e. The molecule has 8 heteroatoms. The molecule has 2 aromatic carbocycles. The molecule has 1 atom stereocenters. The normalized spacial score (nSPS) is 21.3. The molecule has 1 fully saturated rings. The highest BCUT2D eigenvalue weighted by Gasteiger charge is 2.66. The second-order valence-corrected chi connectivity index (χ2v) is 8.13. The summed E-state index contributed by atoms with van der Waals surface area (Å²) in [5, 5.41) is 11.4. The van der Waals surface area contributed by atoms with Crippen LogP contribution in [0.1, 0.15) is 23.1 Å². The Hall–Kier alpha value is -3.65. The molecule has 172 valence electrons. The molecular formula is C25H26N2O6. The first-order valence-electron chi connectivity index (χ1n) is 10.6. The van der Waals surface area contributed by atoms with Gasteiger partial charge in [0.1, 0.15) is 11.5 Å². The molecule has 0 unspecified atom stereocenters. The number of amides is 2. The summed E-state index contributed by atoms with van der Waals surface area (Å²) in [5.41, 5.74) is 0.156. The van der Waals surface area contributed by atoms with Gasteiger partial charge in [0.2, 0.25) is 0 Å². The van der Waals surface area contributed by atoms with E-state index in [0.29, 0.717) is 35.6 Å². The number of aliphatic hydroxyl groups is 1. The van der Waals surface area contributed by atoms with Crippen molar-refractivity contribution in [3.05, 3.63) is 64.7 Å². The summed E-state index contributed by atoms with van der Waals surface area (Å²) in [7, 11) is 4.68. The lowest BCUT2D eigenvalue weighted by molar-refractivity contribution is -0.143. The van der Waals surface area contributed by atoms with Crippen LogP contribution in [-0.2, 0) is 24.7 Å². The molecule has 8 nitrogen and oxygen atoms in total. The number of Topliss-reactive ketones (excluding diaryl/α,β-unsaturated/α-hetero) is 1. The van der Waals surface area contributed by atoms with Gasteiger partial charge in [0, 0.05) is 44.1 Å². The number of nitrogens with zero attached hydrogens (tertiary/aromatic N) is 2. The van der Waals surface area contributed by atoms with Crippen LogP contribution in [0.3, 0.4) is 0 Å². The van der Waals surface area contributed by atoms with Crippen LogP contribution in [0.5, 0.6) is 5.75 Å². The van der Waals surface area contributed by atoms with Gasteiger partial charge >= 0.3 is 0 Å². The van der Waals surface area contributed by atoms with Crippen molar-refractivity contribution in [2.45, 2.75) is 18.9 Å². The van der Waals surface area contributed by atoms with Crippen molar-refractivity contribution in [1.82, 2.24) is 4.90 Å². The summed E-state index contributed by atoms with van der Waals surface area (Å²) in [6, 6.07) is 11.9. The number of carbonyl (C=O) groups excluding carboxylic acids is 3. The van der Waals surface area contributed by atoms with E-state index in [0.717, 1.165) is 5.56 Å². The molecule has 4 rings (SSSR count). The van der Waals surface area contributed by atoms with E-state index >= 15 is 0 Å². The van der Waals surface area contributed by atoms with Crippen LogP contribution in [-0.4, -0.2) is 62.0 Å². The van der Waals surface area contributed by atoms with Crippen LogP contribution < -0.4 is 9.64 Å². The molecule has 0 aliphatic carbocycles. The molecule has 2 heterocycles. The zero-order chi connectivity index (χ0) is 23.9. The summed E-state index contributed by atoms with van der Waals surface area (Å²) in [6.45, 7) is 2.27. The molecule has 2 amide bonds. The smallest absolute Gasteiger partial charge is 0.296 e. The van der Waals surface area contributed by atoms with Crippen molar-refractivity contribution in [3.63, 3.8) is 0 Å². The SMILES string of the molecule is COCCCN1C(=O)C(=O)C(=C(O)c2ccc(OC)c(C)c2)[C@@]12C(=O)N(C)c1ccccc12. The first kappa shape index (κ1) is 22.5. The number of para-hydroxylation sites is 1. The minimum Gasteiger partial charge on any atom is -0.507 e. The number of hydrogen-bond donors (Lipinski definition) is 1. The van der Waals surface area contributed by atoms with E-state index in [-0.39, 0.29) is 12.1 Å². The van der Waals surface area contributed by atoms with Crippen LogP contribution in [0, 0.1) is 6.92 Å². The number of methoxy groups -OCH3 is 2. The Balaban J connectivity index is 2.01. The quantitative estimate of drug-likeness (QED) is 0.315. The Morgan fingerprint density at radius 2 is 1.82 bits per heavy atom. The highest BCUT2D eigenvalue weighted by Crippen LogP contribution is 2.53. The van der Waals surface area contributed by atoms with Crippen LogP contribution in [0.4, 0.5) is 5.69 Å². The van der Waals surface area contributed by atoms with E-state index < -0.39 is 28.9 Å². The Morgan fingerprint density at radius 1 is 1.09 bits per heavy atom. The van der Waals surface area contributed by atoms with Gasteiger partial charge < -0.3 is 24.4 Å². The lowest BCUT2D eigenvalue weighted by Gasteiger charge is -2.34. The average molecular weight is 450 g/mol. The highest BCUT2D eigenvalue weighted by molar-refractivity contribution is 6.50. The predicted octanol–water partition coefficient (Wildman–Crippen LogP) is 2.59. The summed E-state index contributed by atoms with van der Waals surface area (Å²) in [6.07, 6.45) is 0.423. The Bertz CT molecular complexity index is 1190. The fourth-order valence-electron chi connectivity index (χ4n) is 4.81. The molecule has 1 spiro atoms. The van der Waals surface area contributed by atoms with Crippen molar-refractivity contribution >= 4 is 29.0 Å². The molecule has 0 bridgehead atoms. The van der Waals surface area contributed by atoms with E-state index in [4.69, 9.17) is 9.47 Å². The molecule has 2 aromatic rings. The first-order chi connectivity index (χ1) is 15.8. The lowest BCUT2D eigenvalue weighted by atomic mass is 9.81. The lowest BCUT2D eigenvalue weighted by Crippen LogP contribution is -2.51. The van der Waals surface area contributed by atoms with Gasteiger partial charge in [0.25, 0.3) is 17.6 Å². The van der Waals surface area contributed by atoms with E-state index in [1.165, 1.54) is 16.9 Å². The third kappa shape index (κ3) is 3.13. The maximum atomic E-state index is 13.8. The molecule has 0 aromatic heterocycles. The molecule has 2 aliphatic heterocycles. The maximum absolute atomic E-state index is 13.8. The number of ether oxygens (including phenoxy) is 2. The van der Waals surface area contributed by atoms with Crippen molar-refractivity contribution in [2.24, 2.45) is 0 Å². The molecule has 2 aliphatic rings. The van der Waals surface area contributed by atoms with Crippen LogP contribution in [0.15, 0.2) is 48.0 Å². The number of ketones is 1. The third-order valence-electron chi connectivity index (χ3n) is 6.34. The van der Waals surface area contributed by atoms with E-state index in [1.54, 1.807) is 63.5 Å². The minimum atomic E-state index is -1.74. The first-order valence-corrected chi connectivity index (χ1v) is 10.6. The molecule has 1 N–H and O–H groups in total. The molecule has 33 heavy (non-hydrogen) atoms. The number of likely N-dealkylation sites (tertiary alicyclic amines) is 1. The minimum absolute atomic E-state index is 0.116. The van der Waals surface area contributed by atoms with E-state index in [2.05, 4.69) is 0 Å². The molecule has 0 radical (unpaired) electrons. The van der Waals surface area contributed by atoms with Gasteiger partial charge in [-0.25, -0.2) is 0 Å². The number of fused-ring (bicyclic) bond motifs is 2. The maximum Gasteiger partial charge on any atom is 0.296 e. The van der Waals surface area contributed by atoms with Crippen molar-refractivity contribution < 1.29 is 29.0 Å². The monoisotopic (exact) mass is 450 g/mol. The Kier molecular flexibility index (Phi) is 5.71. The fourth-order valence-corrected chi connectivity index (χ4v) is 4.81. The standard InChI is InChI=1S/C25H26N2O6/c1-15-14-16(10-11-19(15)33-4)21(28)20-22(29)23(30)27(12-7-13-32-3)25(20)17-8-5-6-9-18(17)26(2)24(25)31/h5-6,8-11,14,28H,7,12-13H2,1-4H3/t25-/m0/s1. The fraction of sp³-hybridized carbons (Fsp3) is 0.320. The number of aliphatic hydroxyl groups excluding tert-OH is 1. The average Bonchev–Trinajstić information content (AvgIpc) is 3.17. The predicted molar refractivity (Wildman–Crippen MR) is 122 cm³/mol. The second kappa shape index (κ2) is 8.37. The second-order valence-electron chi connectivity index (χ2n) is 8.13. The van der Waals surface area contributed by atoms with E-state index in [9.17, 15) is 19.5 Å². The number of rotatable bonds is 6. The molecular weight excluding hydrogens is 424 g/mol. The van der Waals surface area contributed by atoms with Gasteiger partial charge in [-0.3, -0.25) is 14.4 Å². The van der Waals surface area contributed by atoms with E-state index in [1.807, 2.05) is 0 Å². The Labute approximate surface area is 192 Å². The van der Waals surface area contributed by atoms with Crippen LogP contribution in [0.2, 0.25) is 0 Å². The molecule has 0 saturated carbocycles. The van der Waals surface area contributed by atoms with Crippen LogP contribution >= 0.6 is 0 Å². The van der Waals surface area contributed by atoms with Gasteiger partial charge in [-0.05, 0) is 43.2 Å².